The zero-order valence-electron chi connectivity index (χ0n) is 9.95. The van der Waals surface area contributed by atoms with Crippen molar-refractivity contribution in [1.29, 1.82) is 0 Å². The van der Waals surface area contributed by atoms with E-state index in [0.717, 1.165) is 12.1 Å². The predicted octanol–water partition coefficient (Wildman–Crippen LogP) is 2.90. The number of hydrogen-bond donors (Lipinski definition) is 0. The molecule has 18 heavy (non-hydrogen) atoms. The van der Waals surface area contributed by atoms with Crippen LogP contribution < -0.4 is 0 Å². The van der Waals surface area contributed by atoms with Crippen LogP contribution in [0.3, 0.4) is 0 Å². The Hall–Kier alpha value is -1.40. The van der Waals surface area contributed by atoms with E-state index in [1.54, 1.807) is 0 Å². The minimum Gasteiger partial charge on any atom is -0.355 e. The first kappa shape index (κ1) is 14.7. The van der Waals surface area contributed by atoms with Crippen LogP contribution in [-0.4, -0.2) is 26.3 Å². The van der Waals surface area contributed by atoms with E-state index in [-0.39, 0.29) is 12.0 Å². The highest BCUT2D eigenvalue weighted by molar-refractivity contribution is 5.97. The van der Waals surface area contributed by atoms with Gasteiger partial charge in [0.25, 0.3) is 0 Å². The molecule has 0 spiro atoms. The van der Waals surface area contributed by atoms with Crippen LogP contribution in [0.4, 0.5) is 13.2 Å². The van der Waals surface area contributed by atoms with E-state index in [1.807, 2.05) is 0 Å². The molecule has 0 fully saturated rings. The first-order valence-electron chi connectivity index (χ1n) is 5.15. The molecular weight excluding hydrogens is 249 g/mol. The quantitative estimate of drug-likeness (QED) is 0.604. The minimum absolute atomic E-state index is 0.264. The third-order valence-electron chi connectivity index (χ3n) is 2.41. The molecule has 0 atom stereocenters. The normalized spacial score (nSPS) is 11.9. The Balaban J connectivity index is 2.99. The number of methoxy groups -OCH3 is 2. The molecule has 3 nitrogen and oxygen atoms in total. The Morgan fingerprint density at radius 2 is 1.78 bits per heavy atom. The molecule has 0 amide bonds. The summed E-state index contributed by atoms with van der Waals surface area (Å²) in [5.74, 6) is -0.670. The number of alkyl halides is 3. The zero-order chi connectivity index (χ0) is 13.8. The van der Waals surface area contributed by atoms with Gasteiger partial charge in [0, 0.05) is 19.8 Å². The van der Waals surface area contributed by atoms with Crippen LogP contribution in [0.5, 0.6) is 0 Å². The molecule has 6 heteroatoms. The molecule has 100 valence electrons. The van der Waals surface area contributed by atoms with Crippen LogP contribution >= 0.6 is 0 Å². The summed E-state index contributed by atoms with van der Waals surface area (Å²) in [5.41, 5.74) is -1.31. The summed E-state index contributed by atoms with van der Waals surface area (Å²) in [6, 6.07) is 4.65. The molecule has 1 aromatic rings. The van der Waals surface area contributed by atoms with Crippen molar-refractivity contribution in [2.75, 3.05) is 14.2 Å². The molecule has 0 saturated carbocycles. The number of halogens is 3. The molecule has 1 rings (SSSR count). The average Bonchev–Trinajstić information content (AvgIpc) is 2.34. The van der Waals surface area contributed by atoms with Gasteiger partial charge in [-0.05, 0) is 6.07 Å². The molecule has 0 N–H and O–H groups in total. The van der Waals surface area contributed by atoms with Gasteiger partial charge in [-0.25, -0.2) is 0 Å². The van der Waals surface area contributed by atoms with Gasteiger partial charge >= 0.3 is 6.18 Å². The van der Waals surface area contributed by atoms with Gasteiger partial charge in [-0.1, -0.05) is 18.2 Å². The van der Waals surface area contributed by atoms with Crippen LogP contribution in [0.15, 0.2) is 24.3 Å². The predicted molar refractivity (Wildman–Crippen MR) is 58.2 cm³/mol. The Morgan fingerprint density at radius 3 is 2.28 bits per heavy atom. The lowest BCUT2D eigenvalue weighted by Crippen LogP contribution is -2.20. The Morgan fingerprint density at radius 1 is 1.22 bits per heavy atom. The van der Waals surface area contributed by atoms with E-state index in [4.69, 9.17) is 9.47 Å². The summed E-state index contributed by atoms with van der Waals surface area (Å²) >= 11 is 0. The van der Waals surface area contributed by atoms with Crippen molar-refractivity contribution in [3.63, 3.8) is 0 Å². The highest BCUT2D eigenvalue weighted by Crippen LogP contribution is 2.32. The summed E-state index contributed by atoms with van der Waals surface area (Å²) in [4.78, 5) is 11.8. The summed E-state index contributed by atoms with van der Waals surface area (Å²) in [5, 5.41) is 0. The number of hydrogen-bond acceptors (Lipinski definition) is 3. The third-order valence-corrected chi connectivity index (χ3v) is 2.41. The van der Waals surface area contributed by atoms with Crippen LogP contribution in [0, 0.1) is 0 Å². The van der Waals surface area contributed by atoms with Gasteiger partial charge < -0.3 is 9.47 Å². The summed E-state index contributed by atoms with van der Waals surface area (Å²) in [7, 11) is 2.63. The second kappa shape index (κ2) is 5.97. The molecule has 0 aromatic heterocycles. The molecule has 0 aliphatic heterocycles. The Labute approximate surface area is 103 Å². The van der Waals surface area contributed by atoms with E-state index in [9.17, 15) is 18.0 Å². The maximum absolute atomic E-state index is 12.7. The maximum atomic E-state index is 12.7. The van der Waals surface area contributed by atoms with Crippen molar-refractivity contribution in [3.05, 3.63) is 35.4 Å². The summed E-state index contributed by atoms with van der Waals surface area (Å²) in [6.45, 7) is 0. The molecule has 1 aromatic carbocycles. The number of carbonyl (C=O) groups is 1. The van der Waals surface area contributed by atoms with Gasteiger partial charge in [0.1, 0.15) is 0 Å². The lowest BCUT2D eigenvalue weighted by Gasteiger charge is -2.15. The topological polar surface area (TPSA) is 35.5 Å². The molecule has 0 heterocycles. The van der Waals surface area contributed by atoms with E-state index in [0.29, 0.717) is 0 Å². The van der Waals surface area contributed by atoms with Gasteiger partial charge in [-0.2, -0.15) is 13.2 Å². The average molecular weight is 262 g/mol. The Bertz CT molecular complexity index is 411. The fourth-order valence-electron chi connectivity index (χ4n) is 1.50. The maximum Gasteiger partial charge on any atom is 0.417 e. The monoisotopic (exact) mass is 262 g/mol. The van der Waals surface area contributed by atoms with Gasteiger partial charge in [0.05, 0.1) is 12.0 Å². The number of rotatable bonds is 5. The van der Waals surface area contributed by atoms with E-state index >= 15 is 0 Å². The van der Waals surface area contributed by atoms with Gasteiger partial charge in [-0.15, -0.1) is 0 Å². The third kappa shape index (κ3) is 3.54. The van der Waals surface area contributed by atoms with E-state index in [1.165, 1.54) is 26.4 Å². The van der Waals surface area contributed by atoms with Crippen molar-refractivity contribution < 1.29 is 27.4 Å². The van der Waals surface area contributed by atoms with Crippen LogP contribution in [0.2, 0.25) is 0 Å². The summed E-state index contributed by atoms with van der Waals surface area (Å²) in [6.07, 6.45) is -5.67. The van der Waals surface area contributed by atoms with Crippen molar-refractivity contribution in [2.45, 2.75) is 18.9 Å². The zero-order valence-corrected chi connectivity index (χ0v) is 9.95. The highest BCUT2D eigenvalue weighted by Gasteiger charge is 2.35. The molecule has 0 bridgehead atoms. The lowest BCUT2D eigenvalue weighted by molar-refractivity contribution is -0.138. The highest BCUT2D eigenvalue weighted by atomic mass is 19.4. The Kier molecular flexibility index (Phi) is 4.86. The second-order valence-corrected chi connectivity index (χ2v) is 3.57. The van der Waals surface area contributed by atoms with E-state index in [2.05, 4.69) is 0 Å². The number of Topliss-reactive ketones (excluding diaryl/α,β-unsaturated/α-hetero) is 1. The lowest BCUT2D eigenvalue weighted by atomic mass is 10.0. The fraction of sp³-hybridized carbons (Fsp3) is 0.417. The number of ether oxygens (including phenoxy) is 2. The first-order valence-corrected chi connectivity index (χ1v) is 5.15. The van der Waals surface area contributed by atoms with Crippen molar-refractivity contribution >= 4 is 5.78 Å². The molecule has 0 saturated heterocycles. The number of carbonyl (C=O) groups excluding carboxylic acids is 1. The molecule has 0 aliphatic carbocycles. The largest absolute Gasteiger partial charge is 0.417 e. The number of ketones is 1. The summed E-state index contributed by atoms with van der Waals surface area (Å²) < 4.78 is 47.7. The van der Waals surface area contributed by atoms with Crippen LogP contribution in [0.25, 0.3) is 0 Å². The van der Waals surface area contributed by atoms with Gasteiger partial charge in [0.15, 0.2) is 12.1 Å². The van der Waals surface area contributed by atoms with E-state index < -0.39 is 23.8 Å². The smallest absolute Gasteiger partial charge is 0.355 e. The number of benzene rings is 1. The second-order valence-electron chi connectivity index (χ2n) is 3.57. The fourth-order valence-corrected chi connectivity index (χ4v) is 1.50. The first-order chi connectivity index (χ1) is 8.40. The van der Waals surface area contributed by atoms with Crippen LogP contribution in [0.1, 0.15) is 22.3 Å². The van der Waals surface area contributed by atoms with Crippen molar-refractivity contribution in [2.24, 2.45) is 0 Å². The minimum atomic E-state index is -4.55. The van der Waals surface area contributed by atoms with Gasteiger partial charge in [-0.3, -0.25) is 4.79 Å². The van der Waals surface area contributed by atoms with Crippen molar-refractivity contribution in [1.82, 2.24) is 0 Å². The van der Waals surface area contributed by atoms with Crippen molar-refractivity contribution in [3.8, 4) is 0 Å². The SMILES string of the molecule is COC(CC(=O)c1ccccc1C(F)(F)F)OC. The van der Waals surface area contributed by atoms with Gasteiger partial charge in [0.2, 0.25) is 0 Å². The van der Waals surface area contributed by atoms with Crippen LogP contribution in [-0.2, 0) is 15.7 Å². The molecule has 0 aliphatic rings. The molecular formula is C12H13F3O3. The molecule has 0 radical (unpaired) electrons. The molecule has 0 unspecified atom stereocenters. The standard InChI is InChI=1S/C12H13F3O3/c1-17-11(18-2)7-10(16)8-5-3-4-6-9(8)12(13,14)15/h3-6,11H,7H2,1-2H3.